The van der Waals surface area contributed by atoms with Crippen molar-refractivity contribution in [2.75, 3.05) is 18.6 Å². The Labute approximate surface area is 136 Å². The van der Waals surface area contributed by atoms with Crippen molar-refractivity contribution < 1.29 is 4.57 Å². The van der Waals surface area contributed by atoms with Crippen LogP contribution in [0.1, 0.15) is 0 Å². The van der Waals surface area contributed by atoms with E-state index in [-0.39, 0.29) is 0 Å². The van der Waals surface area contributed by atoms with Gasteiger partial charge in [0, 0.05) is 10.7 Å². The molecule has 106 valence electrons. The highest BCUT2D eigenvalue weighted by Crippen LogP contribution is 2.41. The topological polar surface area (TPSA) is 42.0 Å². The number of halogens is 3. The van der Waals surface area contributed by atoms with Gasteiger partial charge in [0.1, 0.15) is 7.14 Å². The number of rotatable bonds is 3. The Morgan fingerprint density at radius 3 is 2.45 bits per heavy atom. The Bertz CT molecular complexity index is 703. The Kier molecular flexibility index (Phi) is 4.80. The van der Waals surface area contributed by atoms with Crippen LogP contribution >= 0.6 is 46.3 Å². The predicted molar refractivity (Wildman–Crippen MR) is 90.8 cm³/mol. The summed E-state index contributed by atoms with van der Waals surface area (Å²) >= 11 is 15.7. The first-order chi connectivity index (χ1) is 9.29. The van der Waals surface area contributed by atoms with E-state index in [1.165, 1.54) is 6.20 Å². The zero-order chi connectivity index (χ0) is 14.9. The highest BCUT2D eigenvalue weighted by Gasteiger charge is 2.21. The molecule has 0 aliphatic heterocycles. The Balaban J connectivity index is 2.49. The average molecular weight is 394 g/mol. The van der Waals surface area contributed by atoms with Crippen molar-refractivity contribution in [3.05, 3.63) is 45.1 Å². The van der Waals surface area contributed by atoms with Gasteiger partial charge in [-0.15, -0.1) is 0 Å². The molecule has 7 heteroatoms. The molecule has 0 aliphatic rings. The SMILES string of the molecule is CP(C)(=O)c1c(Cl)cncc1Nc1ccc(Br)cc1Cl. The van der Waals surface area contributed by atoms with Crippen molar-refractivity contribution in [2.45, 2.75) is 0 Å². The monoisotopic (exact) mass is 392 g/mol. The van der Waals surface area contributed by atoms with E-state index in [0.717, 1.165) is 4.47 Å². The third-order valence-corrected chi connectivity index (χ3v) is 5.39. The van der Waals surface area contributed by atoms with Crippen LogP contribution in [0.5, 0.6) is 0 Å². The minimum absolute atomic E-state index is 0.386. The van der Waals surface area contributed by atoms with E-state index in [1.807, 2.05) is 12.1 Å². The number of benzene rings is 1. The van der Waals surface area contributed by atoms with E-state index in [2.05, 4.69) is 26.2 Å². The maximum absolute atomic E-state index is 12.4. The van der Waals surface area contributed by atoms with Gasteiger partial charge < -0.3 is 9.88 Å². The van der Waals surface area contributed by atoms with E-state index >= 15 is 0 Å². The van der Waals surface area contributed by atoms with Crippen LogP contribution in [0.15, 0.2) is 35.1 Å². The number of pyridine rings is 1. The fraction of sp³-hybridized carbons (Fsp3) is 0.154. The summed E-state index contributed by atoms with van der Waals surface area (Å²) in [6.07, 6.45) is 3.09. The van der Waals surface area contributed by atoms with Crippen LogP contribution in [0.3, 0.4) is 0 Å². The third kappa shape index (κ3) is 3.56. The molecule has 3 nitrogen and oxygen atoms in total. The van der Waals surface area contributed by atoms with E-state index in [1.54, 1.807) is 25.6 Å². The Hall–Kier alpha value is -0.540. The summed E-state index contributed by atoms with van der Waals surface area (Å²) in [5.41, 5.74) is 1.31. The molecule has 1 heterocycles. The van der Waals surface area contributed by atoms with Crippen LogP contribution in [0.2, 0.25) is 10.0 Å². The van der Waals surface area contributed by atoms with Gasteiger partial charge in [0.15, 0.2) is 0 Å². The zero-order valence-corrected chi connectivity index (χ0v) is 14.8. The molecule has 0 spiro atoms. The van der Waals surface area contributed by atoms with Crippen LogP contribution in [-0.2, 0) is 4.57 Å². The van der Waals surface area contributed by atoms with Gasteiger partial charge in [0.2, 0.25) is 0 Å². The first-order valence-electron chi connectivity index (χ1n) is 5.70. The lowest BCUT2D eigenvalue weighted by Crippen LogP contribution is -2.12. The van der Waals surface area contributed by atoms with Gasteiger partial charge in [0.05, 0.1) is 32.9 Å². The smallest absolute Gasteiger partial charge is 0.113 e. The fourth-order valence-corrected chi connectivity index (χ4v) is 4.56. The average Bonchev–Trinajstić information content (AvgIpc) is 2.31. The van der Waals surface area contributed by atoms with Crippen molar-refractivity contribution in [3.63, 3.8) is 0 Å². The van der Waals surface area contributed by atoms with Crippen LogP contribution in [0.25, 0.3) is 0 Å². The van der Waals surface area contributed by atoms with Gasteiger partial charge in [-0.2, -0.15) is 0 Å². The minimum atomic E-state index is -2.54. The summed E-state index contributed by atoms with van der Waals surface area (Å²) < 4.78 is 13.3. The molecule has 20 heavy (non-hydrogen) atoms. The molecule has 2 aromatic rings. The Morgan fingerprint density at radius 2 is 1.85 bits per heavy atom. The number of aromatic nitrogens is 1. The largest absolute Gasteiger partial charge is 0.352 e. The molecule has 0 saturated carbocycles. The molecule has 0 fully saturated rings. The summed E-state index contributed by atoms with van der Waals surface area (Å²) in [6.45, 7) is 3.34. The maximum Gasteiger partial charge on any atom is 0.113 e. The van der Waals surface area contributed by atoms with E-state index in [9.17, 15) is 4.57 Å². The summed E-state index contributed by atoms with van der Waals surface area (Å²) in [6, 6.07) is 5.47. The third-order valence-electron chi connectivity index (χ3n) is 2.61. The molecule has 1 N–H and O–H groups in total. The molecule has 2 rings (SSSR count). The summed E-state index contributed by atoms with van der Waals surface area (Å²) in [5, 5.41) is 4.65. The summed E-state index contributed by atoms with van der Waals surface area (Å²) in [4.78, 5) is 4.03. The van der Waals surface area contributed by atoms with Gasteiger partial charge in [-0.3, -0.25) is 4.98 Å². The Morgan fingerprint density at radius 1 is 1.15 bits per heavy atom. The fourth-order valence-electron chi connectivity index (χ4n) is 1.80. The number of nitrogens with zero attached hydrogens (tertiary/aromatic N) is 1. The van der Waals surface area contributed by atoms with E-state index in [0.29, 0.717) is 26.7 Å². The molecular formula is C13H12BrCl2N2OP. The molecule has 0 saturated heterocycles. The number of hydrogen-bond donors (Lipinski definition) is 1. The standard InChI is InChI=1S/C13H12BrCl2N2OP/c1-20(2,19)13-10(16)6-17-7-12(13)18-11-4-3-8(14)5-9(11)15/h3-7,18H,1-2H3. The van der Waals surface area contributed by atoms with E-state index < -0.39 is 7.14 Å². The van der Waals surface area contributed by atoms with Crippen molar-refractivity contribution in [2.24, 2.45) is 0 Å². The molecule has 0 unspecified atom stereocenters. The van der Waals surface area contributed by atoms with Crippen LogP contribution < -0.4 is 10.6 Å². The number of anilines is 2. The molecule has 0 radical (unpaired) electrons. The number of nitrogens with one attached hydrogen (secondary N) is 1. The summed E-state index contributed by atoms with van der Waals surface area (Å²) in [7, 11) is -2.54. The van der Waals surface area contributed by atoms with Crippen molar-refractivity contribution in [1.82, 2.24) is 4.98 Å². The lowest BCUT2D eigenvalue weighted by atomic mass is 10.3. The van der Waals surface area contributed by atoms with Gasteiger partial charge >= 0.3 is 0 Å². The van der Waals surface area contributed by atoms with Crippen LogP contribution in [0.4, 0.5) is 11.4 Å². The molecule has 0 amide bonds. The van der Waals surface area contributed by atoms with Crippen molar-refractivity contribution in [3.8, 4) is 0 Å². The molecule has 1 aromatic heterocycles. The normalized spacial score (nSPS) is 11.4. The molecule has 0 aliphatic carbocycles. The quantitative estimate of drug-likeness (QED) is 0.734. The minimum Gasteiger partial charge on any atom is -0.352 e. The molecule has 0 atom stereocenters. The molecule has 0 bridgehead atoms. The highest BCUT2D eigenvalue weighted by molar-refractivity contribution is 9.10. The van der Waals surface area contributed by atoms with Gasteiger partial charge in [0.25, 0.3) is 0 Å². The van der Waals surface area contributed by atoms with Gasteiger partial charge in [-0.25, -0.2) is 0 Å². The summed E-state index contributed by atoms with van der Waals surface area (Å²) in [5.74, 6) is 0. The lowest BCUT2D eigenvalue weighted by Gasteiger charge is -2.16. The first-order valence-corrected chi connectivity index (χ1v) is 9.85. The molecule has 1 aromatic carbocycles. The van der Waals surface area contributed by atoms with Crippen molar-refractivity contribution >= 4 is 63.0 Å². The second-order valence-corrected chi connectivity index (χ2v) is 9.50. The van der Waals surface area contributed by atoms with Crippen LogP contribution in [0, 0.1) is 0 Å². The highest BCUT2D eigenvalue weighted by atomic mass is 79.9. The second-order valence-electron chi connectivity index (χ2n) is 4.62. The number of hydrogen-bond acceptors (Lipinski definition) is 3. The lowest BCUT2D eigenvalue weighted by molar-refractivity contribution is 0.588. The zero-order valence-electron chi connectivity index (χ0n) is 10.8. The second kappa shape index (κ2) is 6.07. The van der Waals surface area contributed by atoms with Crippen LogP contribution in [-0.4, -0.2) is 18.3 Å². The van der Waals surface area contributed by atoms with Gasteiger partial charge in [-0.05, 0) is 31.5 Å². The predicted octanol–water partition coefficient (Wildman–Crippen LogP) is 5.14. The maximum atomic E-state index is 12.4. The van der Waals surface area contributed by atoms with E-state index in [4.69, 9.17) is 23.2 Å². The molecular weight excluding hydrogens is 382 g/mol. The first kappa shape index (κ1) is 15.8. The van der Waals surface area contributed by atoms with Crippen molar-refractivity contribution in [1.29, 1.82) is 0 Å². The van der Waals surface area contributed by atoms with Gasteiger partial charge in [-0.1, -0.05) is 39.1 Å².